The van der Waals surface area contributed by atoms with Gasteiger partial charge >= 0.3 is 11.8 Å². The number of hydrogen-bond acceptors (Lipinski definition) is 6. The van der Waals surface area contributed by atoms with E-state index in [9.17, 15) is 22.8 Å². The lowest BCUT2D eigenvalue weighted by molar-refractivity contribution is -0.151. The van der Waals surface area contributed by atoms with Crippen LogP contribution in [0.2, 0.25) is 0 Å². The number of nitrogens with zero attached hydrogens (tertiary/aromatic N) is 1. The minimum atomic E-state index is -3.75. The molecule has 0 aromatic heterocycles. The summed E-state index contributed by atoms with van der Waals surface area (Å²) in [6.45, 7) is 1.35. The Morgan fingerprint density at radius 1 is 1.17 bits per heavy atom. The quantitative estimate of drug-likeness (QED) is 0.518. The lowest BCUT2D eigenvalue weighted by Crippen LogP contribution is -2.47. The van der Waals surface area contributed by atoms with Crippen LogP contribution in [0.3, 0.4) is 0 Å². The van der Waals surface area contributed by atoms with Crippen molar-refractivity contribution < 1.29 is 22.8 Å². The maximum Gasteiger partial charge on any atom is 0.318 e. The zero-order chi connectivity index (χ0) is 18.3. The monoisotopic (exact) mass is 356 g/mol. The van der Waals surface area contributed by atoms with Gasteiger partial charge in [-0.05, 0) is 24.1 Å². The first-order chi connectivity index (χ1) is 11.2. The van der Waals surface area contributed by atoms with E-state index in [1.165, 1.54) is 19.1 Å². The maximum atomic E-state index is 11.8. The number of primary sulfonamides is 1. The summed E-state index contributed by atoms with van der Waals surface area (Å²) in [5.74, 6) is -2.42. The van der Waals surface area contributed by atoms with Crippen molar-refractivity contribution in [1.29, 1.82) is 0 Å². The Balaban J connectivity index is 2.56. The number of benzene rings is 1. The Bertz CT molecular complexity index is 715. The summed E-state index contributed by atoms with van der Waals surface area (Å²) in [6.07, 6.45) is 0.376. The van der Waals surface area contributed by atoms with Gasteiger partial charge in [0.1, 0.15) is 0 Å². The highest BCUT2D eigenvalue weighted by atomic mass is 32.2. The van der Waals surface area contributed by atoms with E-state index in [4.69, 9.17) is 10.9 Å². The zero-order valence-electron chi connectivity index (χ0n) is 13.2. The molecule has 0 aliphatic heterocycles. The molecule has 0 radical (unpaired) electrons. The molecule has 0 bridgehead atoms. The third-order valence-electron chi connectivity index (χ3n) is 3.12. The largest absolute Gasteiger partial charge is 0.347 e. The average Bonchev–Trinajstić information content (AvgIpc) is 2.51. The summed E-state index contributed by atoms with van der Waals surface area (Å²) < 4.78 is 22.3. The van der Waals surface area contributed by atoms with E-state index in [0.29, 0.717) is 6.42 Å². The highest BCUT2D eigenvalue weighted by Crippen LogP contribution is 2.08. The molecule has 0 saturated heterocycles. The number of nitrogens with two attached hydrogens (primary N) is 2. The molecule has 0 fully saturated rings. The molecule has 0 aliphatic carbocycles. The summed E-state index contributed by atoms with van der Waals surface area (Å²) in [5.41, 5.74) is 6.04. The molecule has 9 nitrogen and oxygen atoms in total. The molecule has 0 atom stereocenters. The van der Waals surface area contributed by atoms with Gasteiger partial charge in [-0.15, -0.1) is 0 Å². The number of sulfonamides is 1. The number of carbonyl (C=O) groups is 3. The molecule has 1 aromatic carbocycles. The van der Waals surface area contributed by atoms with Gasteiger partial charge in [-0.2, -0.15) is 0 Å². The van der Waals surface area contributed by atoms with Crippen LogP contribution >= 0.6 is 0 Å². The normalized spacial score (nSPS) is 11.0. The van der Waals surface area contributed by atoms with Gasteiger partial charge in [0.05, 0.1) is 4.90 Å². The average molecular weight is 356 g/mol. The Kier molecular flexibility index (Phi) is 7.01. The van der Waals surface area contributed by atoms with Crippen molar-refractivity contribution in [2.75, 3.05) is 19.6 Å². The number of rotatable bonds is 6. The highest BCUT2D eigenvalue weighted by molar-refractivity contribution is 7.89. The van der Waals surface area contributed by atoms with E-state index in [-0.39, 0.29) is 24.5 Å². The summed E-state index contributed by atoms with van der Waals surface area (Å²) >= 11 is 0. The van der Waals surface area contributed by atoms with Crippen LogP contribution in [0.15, 0.2) is 29.2 Å². The lowest BCUT2D eigenvalue weighted by Gasteiger charge is -2.17. The Labute approximate surface area is 140 Å². The number of amides is 3. The van der Waals surface area contributed by atoms with Gasteiger partial charge in [0.25, 0.3) is 0 Å². The van der Waals surface area contributed by atoms with E-state index in [0.717, 1.165) is 10.5 Å². The lowest BCUT2D eigenvalue weighted by atomic mass is 10.1. The van der Waals surface area contributed by atoms with Crippen LogP contribution in [0, 0.1) is 0 Å². The number of carbonyl (C=O) groups excluding carboxylic acids is 3. The van der Waals surface area contributed by atoms with Crippen molar-refractivity contribution in [3.05, 3.63) is 29.8 Å². The molecule has 1 rings (SSSR count). The third kappa shape index (κ3) is 5.72. The van der Waals surface area contributed by atoms with Gasteiger partial charge in [-0.25, -0.2) is 13.6 Å². The van der Waals surface area contributed by atoms with Gasteiger partial charge in [0, 0.05) is 26.6 Å². The second-order valence-corrected chi connectivity index (χ2v) is 6.52. The van der Waals surface area contributed by atoms with Crippen LogP contribution < -0.4 is 16.2 Å². The molecule has 3 amide bonds. The Morgan fingerprint density at radius 2 is 1.75 bits per heavy atom. The van der Waals surface area contributed by atoms with Crippen LogP contribution in [-0.4, -0.2) is 50.7 Å². The fourth-order valence-corrected chi connectivity index (χ4v) is 2.41. The molecule has 1 aromatic rings. The zero-order valence-corrected chi connectivity index (χ0v) is 14.0. The van der Waals surface area contributed by atoms with Crippen molar-refractivity contribution in [3.63, 3.8) is 0 Å². The molecule has 5 N–H and O–H groups in total. The van der Waals surface area contributed by atoms with Crippen molar-refractivity contribution in [2.45, 2.75) is 18.2 Å². The molecule has 0 spiro atoms. The van der Waals surface area contributed by atoms with Crippen molar-refractivity contribution >= 4 is 27.7 Å². The van der Waals surface area contributed by atoms with Crippen LogP contribution in [0.5, 0.6) is 0 Å². The fraction of sp³-hybridized carbons (Fsp3) is 0.357. The van der Waals surface area contributed by atoms with E-state index < -0.39 is 27.7 Å². The molecular weight excluding hydrogens is 336 g/mol. The van der Waals surface area contributed by atoms with Gasteiger partial charge in [-0.1, -0.05) is 12.1 Å². The first-order valence-corrected chi connectivity index (χ1v) is 8.63. The standard InChI is InChI=1S/C14H20N4O5S/c1-10(19)18(9-7-15)14(21)13(20)17-8-6-11-2-4-12(5-3-11)24(16,22)23/h2-5H,6-9,15H2,1H3,(H,17,20)(H2,16,22,23). The van der Waals surface area contributed by atoms with Gasteiger partial charge in [0.15, 0.2) is 0 Å². The van der Waals surface area contributed by atoms with Crippen LogP contribution in [0.25, 0.3) is 0 Å². The Hall–Kier alpha value is -2.30. The first kappa shape index (κ1) is 19.7. The molecule has 10 heteroatoms. The maximum absolute atomic E-state index is 11.8. The van der Waals surface area contributed by atoms with Gasteiger partial charge < -0.3 is 11.1 Å². The Morgan fingerprint density at radius 3 is 2.21 bits per heavy atom. The second-order valence-electron chi connectivity index (χ2n) is 4.96. The van der Waals surface area contributed by atoms with Crippen molar-refractivity contribution in [3.8, 4) is 0 Å². The minimum Gasteiger partial charge on any atom is -0.347 e. The topological polar surface area (TPSA) is 153 Å². The number of nitrogens with one attached hydrogen (secondary N) is 1. The summed E-state index contributed by atoms with van der Waals surface area (Å²) in [6, 6.07) is 5.83. The predicted molar refractivity (Wildman–Crippen MR) is 86.0 cm³/mol. The summed E-state index contributed by atoms with van der Waals surface area (Å²) in [4.78, 5) is 35.6. The van der Waals surface area contributed by atoms with Crippen LogP contribution in [0.1, 0.15) is 12.5 Å². The highest BCUT2D eigenvalue weighted by Gasteiger charge is 2.23. The summed E-state index contributed by atoms with van der Waals surface area (Å²) in [5, 5.41) is 7.40. The fourth-order valence-electron chi connectivity index (χ4n) is 1.90. The molecule has 132 valence electrons. The SMILES string of the molecule is CC(=O)N(CCN)C(=O)C(=O)NCCc1ccc(S(N)(=O)=O)cc1. The summed E-state index contributed by atoms with van der Waals surface area (Å²) in [7, 11) is -3.75. The third-order valence-corrected chi connectivity index (χ3v) is 4.05. The molecule has 0 heterocycles. The first-order valence-electron chi connectivity index (χ1n) is 7.09. The molecular formula is C14H20N4O5S. The molecule has 24 heavy (non-hydrogen) atoms. The van der Waals surface area contributed by atoms with Gasteiger partial charge in [-0.3, -0.25) is 19.3 Å². The number of imide groups is 1. The van der Waals surface area contributed by atoms with Crippen molar-refractivity contribution in [2.24, 2.45) is 10.9 Å². The van der Waals surface area contributed by atoms with Crippen LogP contribution in [0.4, 0.5) is 0 Å². The van der Waals surface area contributed by atoms with E-state index >= 15 is 0 Å². The predicted octanol–water partition coefficient (Wildman–Crippen LogP) is -1.67. The molecule has 0 aliphatic rings. The number of hydrogen-bond donors (Lipinski definition) is 3. The molecule has 0 unspecified atom stereocenters. The molecule has 0 saturated carbocycles. The van der Waals surface area contributed by atoms with Crippen molar-refractivity contribution in [1.82, 2.24) is 10.2 Å². The second kappa shape index (κ2) is 8.52. The van der Waals surface area contributed by atoms with Gasteiger partial charge in [0.2, 0.25) is 15.9 Å². The van der Waals surface area contributed by atoms with E-state index in [1.54, 1.807) is 12.1 Å². The van der Waals surface area contributed by atoms with E-state index in [1.807, 2.05) is 0 Å². The van der Waals surface area contributed by atoms with Crippen LogP contribution in [-0.2, 0) is 30.8 Å². The smallest absolute Gasteiger partial charge is 0.318 e. The minimum absolute atomic E-state index is 0.00986. The van der Waals surface area contributed by atoms with E-state index in [2.05, 4.69) is 5.32 Å².